The van der Waals surface area contributed by atoms with Gasteiger partial charge in [-0.25, -0.2) is 4.79 Å². The van der Waals surface area contributed by atoms with Crippen molar-refractivity contribution in [2.75, 3.05) is 6.61 Å². The first-order valence-electron chi connectivity index (χ1n) is 8.60. The molecule has 2 aromatic rings. The summed E-state index contributed by atoms with van der Waals surface area (Å²) in [4.78, 5) is 17.4. The molecule has 1 amide bonds. The molecule has 7 nitrogen and oxygen atoms in total. The third-order valence-corrected chi connectivity index (χ3v) is 3.97. The van der Waals surface area contributed by atoms with Gasteiger partial charge in [-0.1, -0.05) is 17.3 Å². The van der Waals surface area contributed by atoms with Crippen molar-refractivity contribution in [1.29, 1.82) is 0 Å². The van der Waals surface area contributed by atoms with Gasteiger partial charge in [0.2, 0.25) is 5.82 Å². The van der Waals surface area contributed by atoms with Gasteiger partial charge in [0.15, 0.2) is 0 Å². The zero-order chi connectivity index (χ0) is 20.7. The van der Waals surface area contributed by atoms with Gasteiger partial charge >= 0.3 is 18.2 Å². The van der Waals surface area contributed by atoms with E-state index in [-0.39, 0.29) is 25.0 Å². The van der Waals surface area contributed by atoms with E-state index in [2.05, 4.69) is 14.7 Å². The van der Waals surface area contributed by atoms with Crippen LogP contribution in [0.2, 0.25) is 0 Å². The first kappa shape index (κ1) is 20.0. The van der Waals surface area contributed by atoms with Gasteiger partial charge < -0.3 is 14.0 Å². The Labute approximate surface area is 159 Å². The van der Waals surface area contributed by atoms with Crippen molar-refractivity contribution in [3.63, 3.8) is 0 Å². The Balaban J connectivity index is 1.85. The Kier molecular flexibility index (Phi) is 4.99. The molecule has 28 heavy (non-hydrogen) atoms. The van der Waals surface area contributed by atoms with E-state index in [0.717, 1.165) is 0 Å². The maximum absolute atomic E-state index is 12.7. The van der Waals surface area contributed by atoms with E-state index in [1.54, 1.807) is 37.8 Å². The van der Waals surface area contributed by atoms with Crippen LogP contribution in [0.3, 0.4) is 0 Å². The average Bonchev–Trinajstić information content (AvgIpc) is 3.00. The molecule has 0 saturated carbocycles. The third kappa shape index (κ3) is 4.37. The molecule has 0 fully saturated rings. The minimum absolute atomic E-state index is 0.194. The number of fused-ring (bicyclic) bond motifs is 1. The van der Waals surface area contributed by atoms with Crippen LogP contribution >= 0.6 is 0 Å². The molecule has 0 aliphatic carbocycles. The molecule has 152 valence electrons. The monoisotopic (exact) mass is 399 g/mol. The highest BCUT2D eigenvalue weighted by molar-refractivity contribution is 5.69. The summed E-state index contributed by atoms with van der Waals surface area (Å²) in [5.74, 6) is -1.17. The third-order valence-electron chi connectivity index (χ3n) is 3.97. The molecule has 0 radical (unpaired) electrons. The molecule has 1 aromatic carbocycles. The second-order valence-electron chi connectivity index (χ2n) is 7.51. The molecule has 1 aliphatic heterocycles. The van der Waals surface area contributed by atoms with Crippen LogP contribution in [0.25, 0.3) is 11.4 Å². The number of alkyl halides is 3. The maximum atomic E-state index is 12.7. The summed E-state index contributed by atoms with van der Waals surface area (Å²) in [7, 11) is 0. The number of halogens is 3. The van der Waals surface area contributed by atoms with Crippen molar-refractivity contribution in [3.8, 4) is 17.1 Å². The van der Waals surface area contributed by atoms with E-state index in [0.29, 0.717) is 16.9 Å². The number of hydrogen-bond donors (Lipinski definition) is 0. The number of amides is 1. The zero-order valence-electron chi connectivity index (χ0n) is 15.8. The van der Waals surface area contributed by atoms with Crippen LogP contribution in [-0.2, 0) is 17.5 Å². The maximum Gasteiger partial charge on any atom is 0.471 e. The molecule has 10 heteroatoms. The van der Waals surface area contributed by atoms with E-state index < -0.39 is 23.8 Å². The smallest absolute Gasteiger partial charge is 0.471 e. The summed E-state index contributed by atoms with van der Waals surface area (Å²) < 4.78 is 53.4. The number of rotatable bonds is 1. The largest absolute Gasteiger partial charge is 0.491 e. The number of aromatic nitrogens is 2. The van der Waals surface area contributed by atoms with Gasteiger partial charge in [-0.15, -0.1) is 0 Å². The molecule has 0 spiro atoms. The molecule has 0 bridgehead atoms. The summed E-state index contributed by atoms with van der Waals surface area (Å²) in [5.41, 5.74) is 0.376. The number of carbonyl (C=O) groups is 1. The van der Waals surface area contributed by atoms with E-state index in [1.165, 1.54) is 6.07 Å². The molecule has 1 atom stereocenters. The molecule has 0 N–H and O–H groups in total. The fourth-order valence-electron chi connectivity index (χ4n) is 2.62. The fourth-order valence-corrected chi connectivity index (χ4v) is 2.62. The topological polar surface area (TPSA) is 77.7 Å². The first-order valence-corrected chi connectivity index (χ1v) is 8.60. The zero-order valence-corrected chi connectivity index (χ0v) is 15.8. The highest BCUT2D eigenvalue weighted by Gasteiger charge is 2.38. The Morgan fingerprint density at radius 3 is 2.61 bits per heavy atom. The molecule has 0 unspecified atom stereocenters. The van der Waals surface area contributed by atoms with E-state index in [4.69, 9.17) is 9.47 Å². The minimum atomic E-state index is -4.71. The second-order valence-corrected chi connectivity index (χ2v) is 7.51. The quantitative estimate of drug-likeness (QED) is 0.713. The van der Waals surface area contributed by atoms with Crippen LogP contribution in [0, 0.1) is 0 Å². The van der Waals surface area contributed by atoms with E-state index in [1.807, 2.05) is 6.92 Å². The summed E-state index contributed by atoms with van der Waals surface area (Å²) in [6, 6.07) is 4.49. The molecular weight excluding hydrogens is 379 g/mol. The average molecular weight is 399 g/mol. The van der Waals surface area contributed by atoms with Crippen LogP contribution in [0.4, 0.5) is 18.0 Å². The predicted octanol–water partition coefficient (Wildman–Crippen LogP) is 4.27. The summed E-state index contributed by atoms with van der Waals surface area (Å²) in [6.45, 7) is 7.62. The van der Waals surface area contributed by atoms with E-state index >= 15 is 0 Å². The van der Waals surface area contributed by atoms with Crippen molar-refractivity contribution in [3.05, 3.63) is 29.7 Å². The summed E-state index contributed by atoms with van der Waals surface area (Å²) in [6.07, 6.45) is -5.18. The van der Waals surface area contributed by atoms with Crippen molar-refractivity contribution in [2.45, 2.75) is 52.1 Å². The molecular formula is C18H20F3N3O4. The van der Waals surface area contributed by atoms with Crippen molar-refractivity contribution < 1.29 is 32.0 Å². The Morgan fingerprint density at radius 1 is 1.29 bits per heavy atom. The summed E-state index contributed by atoms with van der Waals surface area (Å²) in [5, 5.41) is 3.38. The number of ether oxygens (including phenoxy) is 2. The van der Waals surface area contributed by atoms with Crippen molar-refractivity contribution >= 4 is 6.09 Å². The van der Waals surface area contributed by atoms with Crippen molar-refractivity contribution in [2.24, 2.45) is 0 Å². The van der Waals surface area contributed by atoms with Gasteiger partial charge in [0.1, 0.15) is 18.0 Å². The number of benzene rings is 1. The fraction of sp³-hybridized carbons (Fsp3) is 0.500. The lowest BCUT2D eigenvalue weighted by Crippen LogP contribution is -2.42. The lowest BCUT2D eigenvalue weighted by Gasteiger charge is -2.29. The first-order chi connectivity index (χ1) is 12.9. The van der Waals surface area contributed by atoms with Crippen LogP contribution in [0.5, 0.6) is 5.75 Å². The van der Waals surface area contributed by atoms with Gasteiger partial charge in [-0.05, 0) is 33.8 Å². The van der Waals surface area contributed by atoms with Gasteiger partial charge in [-0.3, -0.25) is 4.90 Å². The Morgan fingerprint density at radius 2 is 2.00 bits per heavy atom. The lowest BCUT2D eigenvalue weighted by molar-refractivity contribution is -0.159. The molecule has 1 aromatic heterocycles. The van der Waals surface area contributed by atoms with Gasteiger partial charge in [0, 0.05) is 11.1 Å². The standard InChI is InChI=1S/C18H20F3N3O4/c1-10-9-26-13-7-11(14-22-15(28-23-14)18(19,20)21)5-6-12(13)8-24(10)16(25)27-17(2,3)4/h5-7,10H,8-9H2,1-4H3/t10-/m0/s1. The van der Waals surface area contributed by atoms with Gasteiger partial charge in [-0.2, -0.15) is 18.2 Å². The van der Waals surface area contributed by atoms with Gasteiger partial charge in [0.25, 0.3) is 0 Å². The van der Waals surface area contributed by atoms with Gasteiger partial charge in [0.05, 0.1) is 12.6 Å². The number of nitrogens with zero attached hydrogens (tertiary/aromatic N) is 3. The highest BCUT2D eigenvalue weighted by Crippen LogP contribution is 2.33. The molecule has 2 heterocycles. The normalized spacial score (nSPS) is 17.5. The molecule has 3 rings (SSSR count). The molecule has 1 aliphatic rings. The van der Waals surface area contributed by atoms with Crippen molar-refractivity contribution in [1.82, 2.24) is 15.0 Å². The SMILES string of the molecule is C[C@H]1COc2cc(-c3noc(C(F)(F)F)n3)ccc2CN1C(=O)OC(C)(C)C. The highest BCUT2D eigenvalue weighted by atomic mass is 19.4. The predicted molar refractivity (Wildman–Crippen MR) is 91.5 cm³/mol. The Bertz CT molecular complexity index is 874. The van der Waals surface area contributed by atoms with Crippen LogP contribution in [0.15, 0.2) is 22.7 Å². The van der Waals surface area contributed by atoms with Crippen LogP contribution in [0.1, 0.15) is 39.1 Å². The summed E-state index contributed by atoms with van der Waals surface area (Å²) >= 11 is 0. The Hall–Kier alpha value is -2.78. The van der Waals surface area contributed by atoms with Crippen LogP contribution in [-0.4, -0.2) is 39.4 Å². The van der Waals surface area contributed by atoms with E-state index in [9.17, 15) is 18.0 Å². The molecule has 0 saturated heterocycles. The minimum Gasteiger partial charge on any atom is -0.491 e. The second kappa shape index (κ2) is 6.99. The number of carbonyl (C=O) groups excluding carboxylic acids is 1. The lowest BCUT2D eigenvalue weighted by atomic mass is 10.1. The van der Waals surface area contributed by atoms with Crippen LogP contribution < -0.4 is 4.74 Å². The number of hydrogen-bond acceptors (Lipinski definition) is 6.